The van der Waals surface area contributed by atoms with Crippen molar-refractivity contribution in [2.45, 2.75) is 13.3 Å². The molecular formula is C21H18N2O. The number of hydrogen-bond acceptors (Lipinski definition) is 2. The van der Waals surface area contributed by atoms with Crippen molar-refractivity contribution in [2.75, 3.05) is 0 Å². The van der Waals surface area contributed by atoms with Gasteiger partial charge in [0, 0.05) is 5.56 Å². The number of para-hydroxylation sites is 1. The van der Waals surface area contributed by atoms with Crippen molar-refractivity contribution < 1.29 is 5.11 Å². The highest BCUT2D eigenvalue weighted by molar-refractivity contribution is 5.82. The summed E-state index contributed by atoms with van der Waals surface area (Å²) < 4.78 is 0. The Labute approximate surface area is 140 Å². The molecule has 0 saturated carbocycles. The molecule has 0 atom stereocenters. The molecule has 0 unspecified atom stereocenters. The Morgan fingerprint density at radius 1 is 0.958 bits per heavy atom. The molecule has 1 aromatic heterocycles. The van der Waals surface area contributed by atoms with Crippen molar-refractivity contribution in [2.24, 2.45) is 0 Å². The largest absolute Gasteiger partial charge is 0.508 e. The van der Waals surface area contributed by atoms with E-state index in [0.717, 1.165) is 40.0 Å². The van der Waals surface area contributed by atoms with Gasteiger partial charge in [0.05, 0.1) is 11.0 Å². The third-order valence-corrected chi connectivity index (χ3v) is 4.19. The molecule has 0 fully saturated rings. The van der Waals surface area contributed by atoms with Crippen molar-refractivity contribution in [1.82, 2.24) is 9.97 Å². The summed E-state index contributed by atoms with van der Waals surface area (Å²) in [6, 6.07) is 21.9. The smallest absolute Gasteiger partial charge is 0.138 e. The highest BCUT2D eigenvalue weighted by atomic mass is 16.3. The Morgan fingerprint density at radius 3 is 2.62 bits per heavy atom. The molecule has 0 bridgehead atoms. The fourth-order valence-electron chi connectivity index (χ4n) is 3.05. The summed E-state index contributed by atoms with van der Waals surface area (Å²) in [6.45, 7) is 2.08. The van der Waals surface area contributed by atoms with E-state index in [9.17, 15) is 5.11 Å². The van der Waals surface area contributed by atoms with Crippen molar-refractivity contribution in [3.05, 3.63) is 83.4 Å². The number of nitrogens with one attached hydrogen (secondary N) is 1. The molecule has 0 aliphatic rings. The number of hydrogen-bond donors (Lipinski definition) is 2. The lowest BCUT2D eigenvalue weighted by atomic mass is 10.0. The predicted molar refractivity (Wildman–Crippen MR) is 97.2 cm³/mol. The van der Waals surface area contributed by atoms with Crippen LogP contribution in [0, 0.1) is 6.92 Å². The molecule has 118 valence electrons. The van der Waals surface area contributed by atoms with E-state index in [1.54, 1.807) is 12.1 Å². The number of phenols is 1. The van der Waals surface area contributed by atoms with Gasteiger partial charge in [0.25, 0.3) is 0 Å². The zero-order valence-corrected chi connectivity index (χ0v) is 13.5. The molecule has 3 nitrogen and oxygen atoms in total. The summed E-state index contributed by atoms with van der Waals surface area (Å²) >= 11 is 0. The number of phenolic OH excluding ortho intramolecular Hbond substituents is 1. The molecule has 24 heavy (non-hydrogen) atoms. The number of rotatable bonds is 3. The molecule has 0 aliphatic carbocycles. The van der Waals surface area contributed by atoms with Crippen LogP contribution < -0.4 is 0 Å². The van der Waals surface area contributed by atoms with Gasteiger partial charge in [0.1, 0.15) is 11.6 Å². The number of H-pyrrole nitrogens is 1. The molecule has 0 aliphatic heterocycles. The van der Waals surface area contributed by atoms with Crippen LogP contribution in [0.5, 0.6) is 5.75 Å². The van der Waals surface area contributed by atoms with Crippen molar-refractivity contribution in [3.8, 4) is 17.1 Å². The fraction of sp³-hybridized carbons (Fsp3) is 0.0952. The molecular weight excluding hydrogens is 296 g/mol. The third-order valence-electron chi connectivity index (χ3n) is 4.19. The van der Waals surface area contributed by atoms with Crippen LogP contribution in [0.4, 0.5) is 0 Å². The number of aromatic hydroxyl groups is 1. The van der Waals surface area contributed by atoms with Crippen molar-refractivity contribution in [3.63, 3.8) is 0 Å². The van der Waals surface area contributed by atoms with Crippen LogP contribution in [0.15, 0.2) is 66.7 Å². The van der Waals surface area contributed by atoms with Gasteiger partial charge in [-0.05, 0) is 48.7 Å². The summed E-state index contributed by atoms with van der Waals surface area (Å²) in [5.74, 6) is 1.18. The molecule has 1 heterocycles. The van der Waals surface area contributed by atoms with Crippen LogP contribution >= 0.6 is 0 Å². The second kappa shape index (κ2) is 5.85. The molecule has 2 N–H and O–H groups in total. The number of aromatic amines is 1. The minimum absolute atomic E-state index is 0.294. The maximum absolute atomic E-state index is 9.66. The monoisotopic (exact) mass is 314 g/mol. The van der Waals surface area contributed by atoms with E-state index in [4.69, 9.17) is 4.98 Å². The minimum Gasteiger partial charge on any atom is -0.508 e. The fourth-order valence-corrected chi connectivity index (χ4v) is 3.05. The zero-order valence-electron chi connectivity index (χ0n) is 13.5. The van der Waals surface area contributed by atoms with Crippen molar-refractivity contribution >= 4 is 11.0 Å². The van der Waals surface area contributed by atoms with E-state index in [1.807, 2.05) is 30.3 Å². The van der Waals surface area contributed by atoms with Gasteiger partial charge >= 0.3 is 0 Å². The molecule has 3 aromatic carbocycles. The number of benzene rings is 3. The quantitative estimate of drug-likeness (QED) is 0.569. The molecule has 4 aromatic rings. The average Bonchev–Trinajstić information content (AvgIpc) is 3.00. The maximum atomic E-state index is 9.66. The van der Waals surface area contributed by atoms with Gasteiger partial charge in [-0.3, -0.25) is 0 Å². The summed E-state index contributed by atoms with van der Waals surface area (Å²) in [6.07, 6.45) is 0.740. The van der Waals surface area contributed by atoms with E-state index in [0.29, 0.717) is 5.75 Å². The standard InChI is InChI=1S/C21H18N2O/c1-14-5-2-8-17(11-14)21-22-19-10-4-7-16(20(19)23-21)12-15-6-3-9-18(24)13-15/h2-11,13,24H,12H2,1H3,(H,22,23). The molecule has 0 spiro atoms. The van der Waals surface area contributed by atoms with Crippen LogP contribution in [0.2, 0.25) is 0 Å². The average molecular weight is 314 g/mol. The highest BCUT2D eigenvalue weighted by Gasteiger charge is 2.10. The second-order valence-corrected chi connectivity index (χ2v) is 6.11. The van der Waals surface area contributed by atoms with E-state index in [-0.39, 0.29) is 0 Å². The van der Waals surface area contributed by atoms with E-state index < -0.39 is 0 Å². The van der Waals surface area contributed by atoms with Gasteiger partial charge in [-0.1, -0.05) is 48.0 Å². The molecule has 0 saturated heterocycles. The van der Waals surface area contributed by atoms with E-state index in [2.05, 4.69) is 36.2 Å². The lowest BCUT2D eigenvalue weighted by Crippen LogP contribution is -1.89. The Bertz CT molecular complexity index is 1020. The van der Waals surface area contributed by atoms with Gasteiger partial charge in [-0.2, -0.15) is 0 Å². The lowest BCUT2D eigenvalue weighted by Gasteiger charge is -2.03. The topological polar surface area (TPSA) is 48.9 Å². The first-order chi connectivity index (χ1) is 11.7. The number of aryl methyl sites for hydroxylation is 1. The van der Waals surface area contributed by atoms with Crippen LogP contribution in [0.1, 0.15) is 16.7 Å². The highest BCUT2D eigenvalue weighted by Crippen LogP contribution is 2.25. The molecule has 3 heteroatoms. The Morgan fingerprint density at radius 2 is 1.79 bits per heavy atom. The first-order valence-corrected chi connectivity index (χ1v) is 8.01. The summed E-state index contributed by atoms with van der Waals surface area (Å²) in [5, 5.41) is 9.66. The minimum atomic E-state index is 0.294. The molecule has 4 rings (SSSR count). The zero-order chi connectivity index (χ0) is 16.5. The Kier molecular flexibility index (Phi) is 3.54. The Balaban J connectivity index is 1.77. The molecule has 0 radical (unpaired) electrons. The van der Waals surface area contributed by atoms with Gasteiger partial charge in [0.2, 0.25) is 0 Å². The Hall–Kier alpha value is -3.07. The van der Waals surface area contributed by atoms with E-state index >= 15 is 0 Å². The summed E-state index contributed by atoms with van der Waals surface area (Å²) in [7, 11) is 0. The van der Waals surface area contributed by atoms with Crippen LogP contribution in [-0.4, -0.2) is 15.1 Å². The number of aromatic nitrogens is 2. The van der Waals surface area contributed by atoms with Gasteiger partial charge in [-0.15, -0.1) is 0 Å². The summed E-state index contributed by atoms with van der Waals surface area (Å²) in [4.78, 5) is 8.24. The third kappa shape index (κ3) is 2.76. The summed E-state index contributed by atoms with van der Waals surface area (Å²) in [5.41, 5.74) is 6.54. The normalized spacial score (nSPS) is 11.0. The lowest BCUT2D eigenvalue weighted by molar-refractivity contribution is 0.474. The number of imidazole rings is 1. The number of fused-ring (bicyclic) bond motifs is 1. The van der Waals surface area contributed by atoms with Gasteiger partial charge < -0.3 is 10.1 Å². The second-order valence-electron chi connectivity index (χ2n) is 6.11. The number of nitrogens with zero attached hydrogens (tertiary/aromatic N) is 1. The maximum Gasteiger partial charge on any atom is 0.138 e. The van der Waals surface area contributed by atoms with Crippen LogP contribution in [-0.2, 0) is 6.42 Å². The van der Waals surface area contributed by atoms with Gasteiger partial charge in [0.15, 0.2) is 0 Å². The van der Waals surface area contributed by atoms with Crippen molar-refractivity contribution in [1.29, 1.82) is 0 Å². The first kappa shape index (κ1) is 14.5. The SMILES string of the molecule is Cc1cccc(-c2nc3c(Cc4cccc(O)c4)cccc3[nH]2)c1. The molecule has 0 amide bonds. The van der Waals surface area contributed by atoms with Gasteiger partial charge in [-0.25, -0.2) is 4.98 Å². The van der Waals surface area contributed by atoms with E-state index in [1.165, 1.54) is 5.56 Å². The van der Waals surface area contributed by atoms with Crippen LogP contribution in [0.25, 0.3) is 22.4 Å². The predicted octanol–water partition coefficient (Wildman–Crippen LogP) is 4.83. The first-order valence-electron chi connectivity index (χ1n) is 8.01. The van der Waals surface area contributed by atoms with Crippen LogP contribution in [0.3, 0.4) is 0 Å².